The van der Waals surface area contributed by atoms with Gasteiger partial charge in [-0.3, -0.25) is 5.41 Å². The van der Waals surface area contributed by atoms with Gasteiger partial charge in [0.1, 0.15) is 11.4 Å². The van der Waals surface area contributed by atoms with E-state index in [9.17, 15) is 26.3 Å². The summed E-state index contributed by atoms with van der Waals surface area (Å²) in [5, 5.41) is 13.8. The molecule has 0 aliphatic carbocycles. The summed E-state index contributed by atoms with van der Waals surface area (Å²) in [4.78, 5) is 0. The molecule has 0 bridgehead atoms. The number of rotatable bonds is 3. The zero-order valence-corrected chi connectivity index (χ0v) is 17.9. The van der Waals surface area contributed by atoms with Gasteiger partial charge in [-0.05, 0) is 19.6 Å². The molecule has 0 radical (unpaired) electrons. The van der Waals surface area contributed by atoms with Gasteiger partial charge in [0, 0.05) is 18.2 Å². The third-order valence-electron chi connectivity index (χ3n) is 3.11. The van der Waals surface area contributed by atoms with Crippen molar-refractivity contribution in [2.75, 3.05) is 7.11 Å². The molecule has 3 nitrogen and oxygen atoms in total. The molecule has 166 valence electrons. The Kier molecular flexibility index (Phi) is 10.7. The van der Waals surface area contributed by atoms with Gasteiger partial charge in [0.2, 0.25) is 0 Å². The van der Waals surface area contributed by atoms with Crippen LogP contribution in [0.1, 0.15) is 11.1 Å². The van der Waals surface area contributed by atoms with E-state index in [1.807, 2.05) is 0 Å². The van der Waals surface area contributed by atoms with Crippen LogP contribution in [-0.2, 0) is 0 Å². The molecule has 0 saturated heterocycles. The molecular weight excluding hydrogens is 426 g/mol. The Morgan fingerprint density at radius 1 is 0.733 bits per heavy atom. The number of alkyl halides is 6. The first-order valence-electron chi connectivity index (χ1n) is 8.60. The standard InChI is InChI=1S/C11H14F3NSi.C8H6F3N.CH4O/c1-16(2,3)15-10(11(12,13)14)9-7-5-4-6-8-9;9-8(10,11)7(12)6-4-2-1-3-5-6;1-2/h4-8H,1-3H3;1-5,12H;2H,1H3. The highest BCUT2D eigenvalue weighted by Gasteiger charge is 2.37. The summed E-state index contributed by atoms with van der Waals surface area (Å²) in [7, 11) is -1.14. The molecule has 0 saturated carbocycles. The molecule has 10 heteroatoms. The minimum absolute atomic E-state index is 0.106. The second-order valence-corrected chi connectivity index (χ2v) is 11.3. The van der Waals surface area contributed by atoms with Gasteiger partial charge in [-0.1, -0.05) is 60.7 Å². The molecule has 30 heavy (non-hydrogen) atoms. The van der Waals surface area contributed by atoms with Crippen LogP contribution in [0.5, 0.6) is 0 Å². The van der Waals surface area contributed by atoms with Crippen LogP contribution < -0.4 is 0 Å². The molecule has 2 aromatic carbocycles. The van der Waals surface area contributed by atoms with Gasteiger partial charge in [0.15, 0.2) is 8.24 Å². The molecule has 2 N–H and O–H groups in total. The summed E-state index contributed by atoms with van der Waals surface area (Å²) < 4.78 is 78.1. The first kappa shape index (κ1) is 27.5. The fourth-order valence-corrected chi connectivity index (χ4v) is 2.92. The van der Waals surface area contributed by atoms with Crippen molar-refractivity contribution in [2.45, 2.75) is 32.0 Å². The van der Waals surface area contributed by atoms with E-state index in [0.29, 0.717) is 0 Å². The number of hydrogen-bond acceptors (Lipinski definition) is 3. The highest BCUT2D eigenvalue weighted by atomic mass is 28.3. The second-order valence-electron chi connectivity index (χ2n) is 6.73. The molecule has 0 amide bonds. The van der Waals surface area contributed by atoms with Gasteiger partial charge in [-0.2, -0.15) is 26.3 Å². The molecule has 2 aromatic rings. The van der Waals surface area contributed by atoms with Crippen LogP contribution in [-0.4, -0.2) is 44.2 Å². The normalized spacial score (nSPS) is 12.2. The lowest BCUT2D eigenvalue weighted by atomic mass is 10.1. The quantitative estimate of drug-likeness (QED) is 0.331. The monoisotopic (exact) mass is 450 g/mol. The van der Waals surface area contributed by atoms with Crippen LogP contribution in [0.25, 0.3) is 0 Å². The Hall–Kier alpha value is -2.46. The molecular formula is C20H24F6N2OSi. The number of halogens is 6. The zero-order valence-electron chi connectivity index (χ0n) is 16.9. The van der Waals surface area contributed by atoms with Crippen molar-refractivity contribution in [3.8, 4) is 0 Å². The van der Waals surface area contributed by atoms with E-state index in [2.05, 4.69) is 4.66 Å². The average Bonchev–Trinajstić information content (AvgIpc) is 2.67. The van der Waals surface area contributed by atoms with E-state index in [-0.39, 0.29) is 11.1 Å². The predicted octanol–water partition coefficient (Wildman–Crippen LogP) is 6.10. The maximum atomic E-state index is 12.8. The van der Waals surface area contributed by atoms with Crippen LogP contribution in [0, 0.1) is 5.41 Å². The molecule has 0 unspecified atom stereocenters. The molecule has 0 heterocycles. The van der Waals surface area contributed by atoms with Crippen LogP contribution >= 0.6 is 0 Å². The highest BCUT2D eigenvalue weighted by Crippen LogP contribution is 2.24. The summed E-state index contributed by atoms with van der Waals surface area (Å²) in [6, 6.07) is 14.8. The highest BCUT2D eigenvalue weighted by molar-refractivity contribution is 6.75. The maximum Gasteiger partial charge on any atom is 0.433 e. The number of aliphatic hydroxyl groups excluding tert-OH is 1. The Labute approximate surface area is 172 Å². The predicted molar refractivity (Wildman–Crippen MR) is 110 cm³/mol. The van der Waals surface area contributed by atoms with Crippen molar-refractivity contribution in [1.82, 2.24) is 0 Å². The topological polar surface area (TPSA) is 56.4 Å². The smallest absolute Gasteiger partial charge is 0.400 e. The van der Waals surface area contributed by atoms with E-state index in [4.69, 9.17) is 10.5 Å². The van der Waals surface area contributed by atoms with Crippen molar-refractivity contribution < 1.29 is 31.4 Å². The minimum atomic E-state index is -4.55. The second kappa shape index (κ2) is 11.7. The lowest BCUT2D eigenvalue weighted by Crippen LogP contribution is -2.30. The molecule has 0 spiro atoms. The first-order valence-corrected chi connectivity index (χ1v) is 12.0. The van der Waals surface area contributed by atoms with Gasteiger partial charge >= 0.3 is 12.4 Å². The fraction of sp³-hybridized carbons (Fsp3) is 0.300. The van der Waals surface area contributed by atoms with E-state index in [1.165, 1.54) is 36.4 Å². The van der Waals surface area contributed by atoms with Gasteiger partial charge in [-0.25, -0.2) is 0 Å². The fourth-order valence-electron chi connectivity index (χ4n) is 1.99. The first-order chi connectivity index (χ1) is 13.7. The summed E-state index contributed by atoms with van der Waals surface area (Å²) >= 11 is 0. The van der Waals surface area contributed by atoms with Crippen LogP contribution in [0.15, 0.2) is 65.3 Å². The molecule has 0 aliphatic rings. The lowest BCUT2D eigenvalue weighted by Gasteiger charge is -2.16. The van der Waals surface area contributed by atoms with Crippen molar-refractivity contribution in [2.24, 2.45) is 4.66 Å². The number of aliphatic hydroxyl groups is 1. The largest absolute Gasteiger partial charge is 0.433 e. The molecule has 0 aromatic heterocycles. The van der Waals surface area contributed by atoms with Crippen LogP contribution in [0.2, 0.25) is 19.6 Å². The van der Waals surface area contributed by atoms with Gasteiger partial charge in [0.05, 0.1) is 0 Å². The average molecular weight is 450 g/mol. The SMILES string of the molecule is CO.C[Si](C)(C)N=C(c1ccccc1)C(F)(F)F.N=C(c1ccccc1)C(F)(F)F. The Bertz CT molecular complexity index is 798. The number of nitrogens with zero attached hydrogens (tertiary/aromatic N) is 1. The number of nitrogens with one attached hydrogen (secondary N) is 1. The molecule has 0 atom stereocenters. The summed E-state index contributed by atoms with van der Waals surface area (Å²) in [6.07, 6.45) is -8.94. The summed E-state index contributed by atoms with van der Waals surface area (Å²) in [6.45, 7) is 5.34. The summed E-state index contributed by atoms with van der Waals surface area (Å²) in [5.41, 5.74) is -2.03. The molecule has 0 aliphatic heterocycles. The maximum absolute atomic E-state index is 12.8. The van der Waals surface area contributed by atoms with E-state index in [1.54, 1.807) is 43.9 Å². The third kappa shape index (κ3) is 10.4. The number of hydrogen-bond donors (Lipinski definition) is 2. The van der Waals surface area contributed by atoms with Crippen LogP contribution in [0.4, 0.5) is 26.3 Å². The Morgan fingerprint density at radius 2 is 1.10 bits per heavy atom. The lowest BCUT2D eigenvalue weighted by molar-refractivity contribution is -0.0592. The van der Waals surface area contributed by atoms with Gasteiger partial charge < -0.3 is 9.76 Å². The van der Waals surface area contributed by atoms with Gasteiger partial charge in [0.25, 0.3) is 0 Å². The van der Waals surface area contributed by atoms with Crippen molar-refractivity contribution >= 4 is 19.7 Å². The third-order valence-corrected chi connectivity index (χ3v) is 4.00. The van der Waals surface area contributed by atoms with E-state index in [0.717, 1.165) is 7.11 Å². The molecule has 0 fully saturated rings. The van der Waals surface area contributed by atoms with Crippen molar-refractivity contribution in [3.05, 3.63) is 71.8 Å². The summed E-state index contributed by atoms with van der Waals surface area (Å²) in [5.74, 6) is 0. The van der Waals surface area contributed by atoms with E-state index >= 15 is 0 Å². The van der Waals surface area contributed by atoms with Crippen LogP contribution in [0.3, 0.4) is 0 Å². The Morgan fingerprint density at radius 3 is 1.40 bits per heavy atom. The van der Waals surface area contributed by atoms with Gasteiger partial charge in [-0.15, -0.1) is 0 Å². The minimum Gasteiger partial charge on any atom is -0.400 e. The molecule has 2 rings (SSSR count). The van der Waals surface area contributed by atoms with Crippen molar-refractivity contribution in [3.63, 3.8) is 0 Å². The van der Waals surface area contributed by atoms with Crippen molar-refractivity contribution in [1.29, 1.82) is 5.41 Å². The number of benzene rings is 2. The zero-order chi connectivity index (χ0) is 23.6. The van der Waals surface area contributed by atoms with E-state index < -0.39 is 32.0 Å². The Balaban J connectivity index is 0.000000535.